The van der Waals surface area contributed by atoms with E-state index >= 15 is 0 Å². The number of nitrogens with two attached hydrogens (primary N) is 1. The van der Waals surface area contributed by atoms with Crippen LogP contribution in [-0.2, 0) is 7.05 Å². The summed E-state index contributed by atoms with van der Waals surface area (Å²) in [5.74, 6) is 0.390. The first-order chi connectivity index (χ1) is 20.2. The van der Waals surface area contributed by atoms with Crippen LogP contribution in [0.2, 0.25) is 5.02 Å². The minimum absolute atomic E-state index is 0.0290. The quantitative estimate of drug-likeness (QED) is 0.298. The molecule has 1 aliphatic rings. The number of amides is 1. The Bertz CT molecular complexity index is 1880. The molecule has 1 amide bonds. The van der Waals surface area contributed by atoms with Crippen LogP contribution in [0.4, 0.5) is 21.7 Å². The van der Waals surface area contributed by atoms with Gasteiger partial charge in [-0.3, -0.25) is 14.3 Å². The third-order valence-electron chi connectivity index (χ3n) is 7.25. The van der Waals surface area contributed by atoms with Gasteiger partial charge < -0.3 is 16.0 Å². The van der Waals surface area contributed by atoms with E-state index in [2.05, 4.69) is 15.3 Å². The molecule has 0 bridgehead atoms. The van der Waals surface area contributed by atoms with Crippen LogP contribution in [0.1, 0.15) is 16.1 Å². The molecule has 2 aromatic carbocycles. The lowest BCUT2D eigenvalue weighted by Gasteiger charge is -2.35. The molecule has 3 aromatic heterocycles. The van der Waals surface area contributed by atoms with E-state index in [0.29, 0.717) is 58.0 Å². The third kappa shape index (κ3) is 4.99. The van der Waals surface area contributed by atoms with E-state index in [9.17, 15) is 14.0 Å². The van der Waals surface area contributed by atoms with E-state index in [4.69, 9.17) is 22.3 Å². The monoisotopic (exact) mass is 584 g/mol. The van der Waals surface area contributed by atoms with Crippen molar-refractivity contribution >= 4 is 34.8 Å². The Balaban J connectivity index is 1.23. The molecule has 0 spiro atoms. The molecule has 0 atom stereocenters. The zero-order valence-corrected chi connectivity index (χ0v) is 23.5. The largest absolute Gasteiger partial charge is 0.382 e. The van der Waals surface area contributed by atoms with E-state index < -0.39 is 17.6 Å². The number of nitrogens with one attached hydrogen (secondary N) is 1. The maximum Gasteiger partial charge on any atom is 0.284 e. The summed E-state index contributed by atoms with van der Waals surface area (Å²) in [6.45, 7) is 2.35. The van der Waals surface area contributed by atoms with Crippen molar-refractivity contribution < 1.29 is 9.18 Å². The second-order valence-electron chi connectivity index (χ2n) is 10.0. The molecule has 1 saturated heterocycles. The summed E-state index contributed by atoms with van der Waals surface area (Å²) >= 11 is 6.12. The average molecular weight is 585 g/mol. The Hall–Kier alpha value is -5.03. The Morgan fingerprint density at radius 1 is 1.07 bits per heavy atom. The molecule has 1 aliphatic heterocycles. The minimum Gasteiger partial charge on any atom is -0.382 e. The molecule has 0 unspecified atom stereocenters. The minimum atomic E-state index is -0.838. The van der Waals surface area contributed by atoms with Gasteiger partial charge in [-0.25, -0.2) is 24.0 Å². The molecule has 12 heteroatoms. The third-order valence-corrected chi connectivity index (χ3v) is 7.49. The summed E-state index contributed by atoms with van der Waals surface area (Å²) in [6.07, 6.45) is 2.40. The highest BCUT2D eigenvalue weighted by Crippen LogP contribution is 2.29. The normalized spacial score (nSPS) is 13.2. The smallest absolute Gasteiger partial charge is 0.284 e. The Morgan fingerprint density at radius 2 is 1.83 bits per heavy atom. The van der Waals surface area contributed by atoms with Crippen molar-refractivity contribution in [2.24, 2.45) is 7.05 Å². The van der Waals surface area contributed by atoms with Crippen molar-refractivity contribution in [2.45, 2.75) is 13.1 Å². The number of hydrogen-bond donors (Lipinski definition) is 2. The van der Waals surface area contributed by atoms with Crippen molar-refractivity contribution in [3.63, 3.8) is 0 Å². The summed E-state index contributed by atoms with van der Waals surface area (Å²) in [5.41, 5.74) is 9.83. The zero-order chi connectivity index (χ0) is 29.5. The highest BCUT2D eigenvalue weighted by molar-refractivity contribution is 6.30. The van der Waals surface area contributed by atoms with Gasteiger partial charge in [-0.05, 0) is 49.4 Å². The topological polar surface area (TPSA) is 124 Å². The van der Waals surface area contributed by atoms with E-state index in [1.54, 1.807) is 79.6 Å². The highest BCUT2D eigenvalue weighted by Gasteiger charge is 2.27. The standard InChI is InChI=1S/C30H26ClFN8O2/c1-17-26(30(42)40(38(17)2)23-5-3-4-20(31)13-23)29(41)36-22-8-6-18(7-9-22)27-28(33)35-14-24(37-27)19-10-11-34-25(12-19)39-15-21(32)16-39/h3-14,21H,15-16H2,1-2H3,(H2,33,35)(H,36,41). The summed E-state index contributed by atoms with van der Waals surface area (Å²) in [7, 11) is 1.71. The number of pyridine rings is 1. The van der Waals surface area contributed by atoms with Crippen LogP contribution >= 0.6 is 11.6 Å². The summed E-state index contributed by atoms with van der Waals surface area (Å²) in [4.78, 5) is 41.7. The lowest BCUT2D eigenvalue weighted by atomic mass is 10.1. The van der Waals surface area contributed by atoms with Gasteiger partial charge in [-0.1, -0.05) is 29.8 Å². The number of nitrogen functional groups attached to an aromatic ring is 1. The molecule has 0 saturated carbocycles. The van der Waals surface area contributed by atoms with Crippen molar-refractivity contribution in [1.82, 2.24) is 24.3 Å². The van der Waals surface area contributed by atoms with Crippen LogP contribution in [0.15, 0.2) is 77.9 Å². The van der Waals surface area contributed by atoms with Gasteiger partial charge in [-0.2, -0.15) is 0 Å². The molecular weight excluding hydrogens is 559 g/mol. The molecule has 6 rings (SSSR count). The van der Waals surface area contributed by atoms with E-state index in [1.165, 1.54) is 4.68 Å². The number of rotatable bonds is 6. The summed E-state index contributed by atoms with van der Waals surface area (Å²) in [5, 5.41) is 3.29. The molecule has 3 N–H and O–H groups in total. The van der Waals surface area contributed by atoms with E-state index in [-0.39, 0.29) is 11.4 Å². The highest BCUT2D eigenvalue weighted by atomic mass is 35.5. The van der Waals surface area contributed by atoms with Gasteiger partial charge in [0.15, 0.2) is 0 Å². The summed E-state index contributed by atoms with van der Waals surface area (Å²) in [6, 6.07) is 17.5. The Labute approximate surface area is 245 Å². The Kier molecular flexibility index (Phi) is 6.95. The number of anilines is 3. The predicted octanol–water partition coefficient (Wildman–Crippen LogP) is 4.65. The molecule has 1 fully saturated rings. The van der Waals surface area contributed by atoms with Crippen molar-refractivity contribution in [3.05, 3.63) is 99.7 Å². The van der Waals surface area contributed by atoms with Gasteiger partial charge in [0, 0.05) is 35.1 Å². The Morgan fingerprint density at radius 3 is 2.55 bits per heavy atom. The van der Waals surface area contributed by atoms with Gasteiger partial charge in [-0.15, -0.1) is 0 Å². The van der Waals surface area contributed by atoms with Gasteiger partial charge in [0.05, 0.1) is 36.4 Å². The number of carbonyl (C=O) groups is 1. The first-order valence-electron chi connectivity index (χ1n) is 13.1. The molecule has 0 radical (unpaired) electrons. The second kappa shape index (κ2) is 10.7. The fourth-order valence-electron chi connectivity index (χ4n) is 4.89. The maximum absolute atomic E-state index is 13.3. The molecule has 42 heavy (non-hydrogen) atoms. The number of hydrogen-bond acceptors (Lipinski definition) is 7. The van der Waals surface area contributed by atoms with Crippen LogP contribution in [0.25, 0.3) is 28.2 Å². The lowest BCUT2D eigenvalue weighted by molar-refractivity contribution is 0.102. The number of aromatic nitrogens is 5. The average Bonchev–Trinajstić information content (AvgIpc) is 3.19. The van der Waals surface area contributed by atoms with Crippen molar-refractivity contribution in [2.75, 3.05) is 29.0 Å². The van der Waals surface area contributed by atoms with E-state index in [0.717, 1.165) is 5.56 Å². The van der Waals surface area contributed by atoms with Crippen LogP contribution < -0.4 is 21.5 Å². The fraction of sp³-hybridized carbons (Fsp3) is 0.167. The summed E-state index contributed by atoms with van der Waals surface area (Å²) < 4.78 is 16.3. The van der Waals surface area contributed by atoms with Gasteiger partial charge in [0.1, 0.15) is 29.1 Å². The number of carbonyl (C=O) groups excluding carboxylic acids is 1. The van der Waals surface area contributed by atoms with Crippen LogP contribution in [-0.4, -0.2) is 49.5 Å². The molecule has 212 valence electrons. The second-order valence-corrected chi connectivity index (χ2v) is 10.4. The number of nitrogens with zero attached hydrogens (tertiary/aromatic N) is 6. The van der Waals surface area contributed by atoms with Crippen LogP contribution in [0, 0.1) is 6.92 Å². The number of halogens is 2. The first-order valence-corrected chi connectivity index (χ1v) is 13.5. The first kappa shape index (κ1) is 27.2. The number of alkyl halides is 1. The predicted molar refractivity (Wildman–Crippen MR) is 161 cm³/mol. The molecule has 10 nitrogen and oxygen atoms in total. The van der Waals surface area contributed by atoms with Gasteiger partial charge >= 0.3 is 0 Å². The van der Waals surface area contributed by atoms with E-state index in [1.807, 2.05) is 17.0 Å². The maximum atomic E-state index is 13.3. The van der Waals surface area contributed by atoms with Crippen LogP contribution in [0.3, 0.4) is 0 Å². The van der Waals surface area contributed by atoms with Gasteiger partial charge in [0.25, 0.3) is 11.5 Å². The zero-order valence-electron chi connectivity index (χ0n) is 22.8. The molecule has 5 aromatic rings. The molecule has 0 aliphatic carbocycles. The van der Waals surface area contributed by atoms with Crippen molar-refractivity contribution in [1.29, 1.82) is 0 Å². The molecular formula is C30H26ClFN8O2. The van der Waals surface area contributed by atoms with Crippen LogP contribution in [0.5, 0.6) is 0 Å². The van der Waals surface area contributed by atoms with Gasteiger partial charge in [0.2, 0.25) is 0 Å². The lowest BCUT2D eigenvalue weighted by Crippen LogP contribution is -2.48. The SMILES string of the molecule is Cc1c(C(=O)Nc2ccc(-c3nc(-c4ccnc(N5CC(F)C5)c4)cnc3N)cc2)c(=O)n(-c2cccc(Cl)c2)n1C. The van der Waals surface area contributed by atoms with Crippen molar-refractivity contribution in [3.8, 4) is 28.2 Å². The number of benzene rings is 2. The molecule has 4 heterocycles. The fourth-order valence-corrected chi connectivity index (χ4v) is 5.07.